The van der Waals surface area contributed by atoms with Gasteiger partial charge in [-0.05, 0) is 44.0 Å². The number of piperidine rings is 1. The summed E-state index contributed by atoms with van der Waals surface area (Å²) in [4.78, 5) is 5.07. The van der Waals surface area contributed by atoms with Crippen molar-refractivity contribution in [3.05, 3.63) is 72.4 Å². The average Bonchev–Trinajstić information content (AvgIpc) is 3.21. The van der Waals surface area contributed by atoms with Crippen molar-refractivity contribution in [2.45, 2.75) is 31.1 Å². The molecule has 3 heterocycles. The van der Waals surface area contributed by atoms with E-state index in [9.17, 15) is 8.42 Å². The molecule has 1 saturated heterocycles. The maximum absolute atomic E-state index is 12.9. The van der Waals surface area contributed by atoms with E-state index in [2.05, 4.69) is 10.4 Å². The molecule has 164 valence electrons. The lowest BCUT2D eigenvalue weighted by Gasteiger charge is -2.25. The number of anilines is 2. The van der Waals surface area contributed by atoms with Crippen molar-refractivity contribution in [3.8, 4) is 11.3 Å². The van der Waals surface area contributed by atoms with Gasteiger partial charge in [0.1, 0.15) is 5.82 Å². The zero-order valence-corrected chi connectivity index (χ0v) is 18.7. The summed E-state index contributed by atoms with van der Waals surface area (Å²) in [6.07, 6.45) is 2.93. The van der Waals surface area contributed by atoms with Crippen molar-refractivity contribution < 1.29 is 8.42 Å². The third-order valence-corrected chi connectivity index (χ3v) is 7.61. The van der Waals surface area contributed by atoms with Gasteiger partial charge in [0.2, 0.25) is 10.0 Å². The van der Waals surface area contributed by atoms with Crippen LogP contribution >= 0.6 is 0 Å². The predicted molar refractivity (Wildman–Crippen MR) is 125 cm³/mol. The van der Waals surface area contributed by atoms with Crippen molar-refractivity contribution in [2.24, 2.45) is 0 Å². The molecule has 32 heavy (non-hydrogen) atoms. The first kappa shape index (κ1) is 20.7. The van der Waals surface area contributed by atoms with Gasteiger partial charge in [0.15, 0.2) is 5.65 Å². The van der Waals surface area contributed by atoms with E-state index in [1.807, 2.05) is 49.4 Å². The molecule has 0 saturated carbocycles. The molecule has 1 fully saturated rings. The number of hydrogen-bond acceptors (Lipinski definition) is 5. The number of aryl methyl sites for hydroxylation is 1. The Morgan fingerprint density at radius 3 is 2.34 bits per heavy atom. The topological polar surface area (TPSA) is 79.6 Å². The first-order valence-electron chi connectivity index (χ1n) is 10.8. The fourth-order valence-corrected chi connectivity index (χ4v) is 5.56. The number of nitrogens with one attached hydrogen (secondary N) is 1. The van der Waals surface area contributed by atoms with Gasteiger partial charge in [0.25, 0.3) is 0 Å². The van der Waals surface area contributed by atoms with Crippen molar-refractivity contribution in [2.75, 3.05) is 18.4 Å². The van der Waals surface area contributed by atoms with Crippen LogP contribution in [0.1, 0.15) is 25.0 Å². The van der Waals surface area contributed by atoms with Crippen LogP contribution in [0.3, 0.4) is 0 Å². The van der Waals surface area contributed by atoms with E-state index in [0.717, 1.165) is 53.4 Å². The number of benzene rings is 2. The Morgan fingerprint density at radius 2 is 1.62 bits per heavy atom. The Labute approximate surface area is 187 Å². The molecule has 0 atom stereocenters. The van der Waals surface area contributed by atoms with Crippen LogP contribution in [0, 0.1) is 6.92 Å². The molecular formula is C24H25N5O2S. The molecule has 0 radical (unpaired) electrons. The second-order valence-corrected chi connectivity index (χ2v) is 10.0. The van der Waals surface area contributed by atoms with E-state index in [1.54, 1.807) is 33.1 Å². The summed E-state index contributed by atoms with van der Waals surface area (Å²) < 4.78 is 29.2. The number of hydrogen-bond donors (Lipinski definition) is 1. The van der Waals surface area contributed by atoms with Crippen LogP contribution in [0.15, 0.2) is 71.6 Å². The summed E-state index contributed by atoms with van der Waals surface area (Å²) in [6, 6.07) is 20.8. The maximum Gasteiger partial charge on any atom is 0.243 e. The Morgan fingerprint density at radius 1 is 0.906 bits per heavy atom. The number of rotatable bonds is 5. The van der Waals surface area contributed by atoms with Crippen molar-refractivity contribution in [3.63, 3.8) is 0 Å². The first-order chi connectivity index (χ1) is 15.5. The molecule has 1 aliphatic rings. The summed E-state index contributed by atoms with van der Waals surface area (Å²) in [5.41, 5.74) is 4.25. The molecule has 2 aromatic heterocycles. The number of fused-ring (bicyclic) bond motifs is 1. The summed E-state index contributed by atoms with van der Waals surface area (Å²) >= 11 is 0. The van der Waals surface area contributed by atoms with Gasteiger partial charge >= 0.3 is 0 Å². The van der Waals surface area contributed by atoms with Crippen LogP contribution in [0.2, 0.25) is 0 Å². The smallest absolute Gasteiger partial charge is 0.243 e. The van der Waals surface area contributed by atoms with Crippen molar-refractivity contribution in [1.29, 1.82) is 0 Å². The Balaban J connectivity index is 1.46. The fraction of sp³-hybridized carbons (Fsp3) is 0.250. The van der Waals surface area contributed by atoms with E-state index in [1.165, 1.54) is 0 Å². The van der Waals surface area contributed by atoms with Crippen LogP contribution in [-0.4, -0.2) is 40.4 Å². The van der Waals surface area contributed by atoms with Gasteiger partial charge in [-0.1, -0.05) is 36.8 Å². The highest BCUT2D eigenvalue weighted by Gasteiger charge is 2.25. The molecule has 0 amide bonds. The summed E-state index contributed by atoms with van der Waals surface area (Å²) in [5.74, 6) is 0.758. The van der Waals surface area contributed by atoms with Gasteiger partial charge in [-0.2, -0.15) is 13.9 Å². The fourth-order valence-electron chi connectivity index (χ4n) is 4.05. The van der Waals surface area contributed by atoms with Crippen LogP contribution in [0.4, 0.5) is 11.5 Å². The zero-order chi connectivity index (χ0) is 22.1. The Kier molecular flexibility index (Phi) is 5.40. The lowest BCUT2D eigenvalue weighted by Crippen LogP contribution is -2.35. The average molecular weight is 448 g/mol. The molecule has 4 aromatic rings. The summed E-state index contributed by atoms with van der Waals surface area (Å²) in [5, 5.41) is 7.93. The highest BCUT2D eigenvalue weighted by Crippen LogP contribution is 2.27. The molecule has 0 spiro atoms. The normalized spacial score (nSPS) is 15.2. The molecule has 2 aromatic carbocycles. The van der Waals surface area contributed by atoms with E-state index in [4.69, 9.17) is 4.98 Å². The van der Waals surface area contributed by atoms with Gasteiger partial charge in [0.05, 0.1) is 16.3 Å². The lowest BCUT2D eigenvalue weighted by molar-refractivity contribution is 0.346. The lowest BCUT2D eigenvalue weighted by atomic mass is 10.1. The standard InChI is InChI=1S/C24H25N5O2S/c1-18-16-23-26-22(19-8-4-2-5-9-19)17-24(29(23)27-18)25-20-10-12-21(13-11-20)32(30,31)28-14-6-3-7-15-28/h2,4-5,8-13,16-17,25H,3,6-7,14-15H2,1H3. The quantitative estimate of drug-likeness (QED) is 0.483. The Bertz CT molecular complexity index is 1340. The van der Waals surface area contributed by atoms with Crippen molar-refractivity contribution in [1.82, 2.24) is 18.9 Å². The van der Waals surface area contributed by atoms with Crippen molar-refractivity contribution >= 4 is 27.2 Å². The van der Waals surface area contributed by atoms with E-state index in [-0.39, 0.29) is 0 Å². The summed E-state index contributed by atoms with van der Waals surface area (Å²) in [7, 11) is -3.45. The Hall–Kier alpha value is -3.23. The minimum absolute atomic E-state index is 0.324. The molecule has 1 N–H and O–H groups in total. The minimum atomic E-state index is -3.45. The second kappa shape index (κ2) is 8.37. The third kappa shape index (κ3) is 3.99. The highest BCUT2D eigenvalue weighted by molar-refractivity contribution is 7.89. The molecule has 7 nitrogen and oxygen atoms in total. The van der Waals surface area contributed by atoms with E-state index in [0.29, 0.717) is 18.0 Å². The first-order valence-corrected chi connectivity index (χ1v) is 12.2. The molecule has 0 bridgehead atoms. The van der Waals surface area contributed by atoms with Crippen LogP contribution in [-0.2, 0) is 10.0 Å². The predicted octanol–water partition coefficient (Wildman–Crippen LogP) is 4.62. The molecular weight excluding hydrogens is 422 g/mol. The number of sulfonamides is 1. The molecule has 8 heteroatoms. The molecule has 5 rings (SSSR count). The van der Waals surface area contributed by atoms with E-state index < -0.39 is 10.0 Å². The van der Waals surface area contributed by atoms with Gasteiger partial charge in [0, 0.05) is 36.5 Å². The third-order valence-electron chi connectivity index (χ3n) is 5.70. The summed E-state index contributed by atoms with van der Waals surface area (Å²) in [6.45, 7) is 3.12. The highest BCUT2D eigenvalue weighted by atomic mass is 32.2. The van der Waals surface area contributed by atoms with Gasteiger partial charge in [-0.15, -0.1) is 0 Å². The van der Waals surface area contributed by atoms with Gasteiger partial charge < -0.3 is 5.32 Å². The SMILES string of the molecule is Cc1cc2nc(-c3ccccc3)cc(Nc3ccc(S(=O)(=O)N4CCCCC4)cc3)n2n1. The maximum atomic E-state index is 12.9. The van der Waals surface area contributed by atoms with E-state index >= 15 is 0 Å². The molecule has 0 aliphatic carbocycles. The molecule has 0 unspecified atom stereocenters. The monoisotopic (exact) mass is 447 g/mol. The van der Waals surface area contributed by atoms with Gasteiger partial charge in [-0.3, -0.25) is 0 Å². The zero-order valence-electron chi connectivity index (χ0n) is 17.9. The number of aromatic nitrogens is 3. The molecule has 1 aliphatic heterocycles. The van der Waals surface area contributed by atoms with Crippen LogP contribution in [0.5, 0.6) is 0 Å². The largest absolute Gasteiger partial charge is 0.340 e. The van der Waals surface area contributed by atoms with Crippen LogP contribution in [0.25, 0.3) is 16.9 Å². The number of nitrogens with zero attached hydrogens (tertiary/aromatic N) is 4. The van der Waals surface area contributed by atoms with Crippen LogP contribution < -0.4 is 5.32 Å². The minimum Gasteiger partial charge on any atom is -0.340 e. The van der Waals surface area contributed by atoms with Gasteiger partial charge in [-0.25, -0.2) is 13.4 Å². The second-order valence-electron chi connectivity index (χ2n) is 8.06.